The Morgan fingerprint density at radius 3 is 2.37 bits per heavy atom. The number of carbonyl (C=O) groups is 2. The van der Waals surface area contributed by atoms with Crippen molar-refractivity contribution in [1.82, 2.24) is 14.7 Å². The van der Waals surface area contributed by atoms with Gasteiger partial charge in [-0.25, -0.2) is 9.48 Å². The van der Waals surface area contributed by atoms with Gasteiger partial charge in [0.15, 0.2) is 0 Å². The number of nitrogens with one attached hydrogen (secondary N) is 2. The van der Waals surface area contributed by atoms with E-state index in [4.69, 9.17) is 9.84 Å². The number of rotatable bonds is 9. The zero-order chi connectivity index (χ0) is 27.1. The highest BCUT2D eigenvalue weighted by Gasteiger charge is 2.23. The van der Waals surface area contributed by atoms with Crippen LogP contribution in [0.4, 0.5) is 16.3 Å². The van der Waals surface area contributed by atoms with Crippen LogP contribution in [0.2, 0.25) is 0 Å². The second-order valence-electron chi connectivity index (χ2n) is 9.05. The van der Waals surface area contributed by atoms with E-state index in [1.54, 1.807) is 36.1 Å². The van der Waals surface area contributed by atoms with Crippen LogP contribution in [0.1, 0.15) is 24.6 Å². The first-order valence-corrected chi connectivity index (χ1v) is 12.6. The van der Waals surface area contributed by atoms with Crippen molar-refractivity contribution in [3.8, 4) is 22.6 Å². The van der Waals surface area contributed by atoms with Gasteiger partial charge in [0.1, 0.15) is 18.1 Å². The lowest BCUT2D eigenvalue weighted by Gasteiger charge is -2.22. The van der Waals surface area contributed by atoms with Gasteiger partial charge in [0.05, 0.1) is 18.5 Å². The predicted molar refractivity (Wildman–Crippen MR) is 151 cm³/mol. The Hall–Kier alpha value is -4.59. The standard InChI is InChI=1S/C30H33N5O3/c1-5-18-34(30(37)31-24-12-9-13-26(19-24)38-4)20-27(36)32-29-28(23-10-7-6-8-11-23)22(3)33-35(29)25-16-14-21(2)15-17-25/h6-17,19H,5,18,20H2,1-4H3,(H,31,37)(H,32,36). The van der Waals surface area contributed by atoms with Crippen molar-refractivity contribution >= 4 is 23.4 Å². The van der Waals surface area contributed by atoms with Crippen molar-refractivity contribution in [2.24, 2.45) is 0 Å². The number of anilines is 2. The first kappa shape index (κ1) is 26.5. The van der Waals surface area contributed by atoms with E-state index in [9.17, 15) is 9.59 Å². The molecule has 196 valence electrons. The maximum atomic E-state index is 13.4. The Kier molecular flexibility index (Phi) is 8.43. The summed E-state index contributed by atoms with van der Waals surface area (Å²) < 4.78 is 6.99. The molecule has 3 amide bonds. The van der Waals surface area contributed by atoms with E-state index in [1.165, 1.54) is 4.90 Å². The fourth-order valence-electron chi connectivity index (χ4n) is 4.24. The smallest absolute Gasteiger partial charge is 0.322 e. The number of hydrogen-bond donors (Lipinski definition) is 2. The summed E-state index contributed by atoms with van der Waals surface area (Å²) in [6, 6.07) is 24.5. The fraction of sp³-hybridized carbons (Fsp3) is 0.233. The molecular weight excluding hydrogens is 478 g/mol. The second-order valence-corrected chi connectivity index (χ2v) is 9.05. The zero-order valence-corrected chi connectivity index (χ0v) is 22.2. The minimum atomic E-state index is -0.359. The van der Waals surface area contributed by atoms with E-state index in [0.29, 0.717) is 30.2 Å². The Labute approximate surface area is 223 Å². The predicted octanol–water partition coefficient (Wildman–Crippen LogP) is 6.05. The molecule has 0 spiro atoms. The first-order chi connectivity index (χ1) is 18.4. The Morgan fingerprint density at radius 2 is 1.68 bits per heavy atom. The van der Waals surface area contributed by atoms with Crippen LogP contribution in [-0.4, -0.2) is 46.8 Å². The van der Waals surface area contributed by atoms with Crippen molar-refractivity contribution < 1.29 is 14.3 Å². The van der Waals surface area contributed by atoms with E-state index in [0.717, 1.165) is 28.1 Å². The molecule has 8 heteroatoms. The van der Waals surface area contributed by atoms with Crippen LogP contribution in [0, 0.1) is 13.8 Å². The molecular formula is C30H33N5O3. The lowest BCUT2D eigenvalue weighted by molar-refractivity contribution is -0.116. The summed E-state index contributed by atoms with van der Waals surface area (Å²) in [6.07, 6.45) is 0.703. The molecule has 0 atom stereocenters. The molecule has 0 bridgehead atoms. The molecule has 0 saturated heterocycles. The van der Waals surface area contributed by atoms with Crippen LogP contribution >= 0.6 is 0 Å². The molecule has 0 aliphatic rings. The molecule has 2 N–H and O–H groups in total. The third-order valence-electron chi connectivity index (χ3n) is 6.10. The van der Waals surface area contributed by atoms with Gasteiger partial charge in [-0.1, -0.05) is 61.0 Å². The lowest BCUT2D eigenvalue weighted by atomic mass is 10.1. The number of benzene rings is 3. The van der Waals surface area contributed by atoms with Crippen molar-refractivity contribution in [2.45, 2.75) is 27.2 Å². The fourth-order valence-corrected chi connectivity index (χ4v) is 4.24. The summed E-state index contributed by atoms with van der Waals surface area (Å²) in [7, 11) is 1.57. The largest absolute Gasteiger partial charge is 0.497 e. The van der Waals surface area contributed by atoms with Crippen molar-refractivity contribution in [3.63, 3.8) is 0 Å². The number of aryl methyl sites for hydroxylation is 2. The number of hydrogen-bond acceptors (Lipinski definition) is 4. The highest BCUT2D eigenvalue weighted by atomic mass is 16.5. The molecule has 0 unspecified atom stereocenters. The van der Waals surface area contributed by atoms with Gasteiger partial charge < -0.3 is 20.3 Å². The molecule has 4 aromatic rings. The maximum absolute atomic E-state index is 13.4. The normalized spacial score (nSPS) is 10.6. The average Bonchev–Trinajstić information content (AvgIpc) is 3.24. The van der Waals surface area contributed by atoms with Gasteiger partial charge in [0.2, 0.25) is 5.91 Å². The Balaban J connectivity index is 1.61. The number of amides is 3. The SMILES string of the molecule is CCCN(CC(=O)Nc1c(-c2ccccc2)c(C)nn1-c1ccc(C)cc1)C(=O)Nc1cccc(OC)c1. The molecule has 0 fully saturated rings. The summed E-state index contributed by atoms with van der Waals surface area (Å²) in [5, 5.41) is 10.7. The zero-order valence-electron chi connectivity index (χ0n) is 22.2. The Bertz CT molecular complexity index is 1400. The molecule has 0 saturated carbocycles. The van der Waals surface area contributed by atoms with E-state index < -0.39 is 0 Å². The first-order valence-electron chi connectivity index (χ1n) is 12.6. The summed E-state index contributed by atoms with van der Waals surface area (Å²) >= 11 is 0. The minimum absolute atomic E-state index is 0.115. The number of nitrogens with zero attached hydrogens (tertiary/aromatic N) is 3. The molecule has 8 nitrogen and oxygen atoms in total. The van der Waals surface area contributed by atoms with Gasteiger partial charge in [0.25, 0.3) is 0 Å². The van der Waals surface area contributed by atoms with Crippen LogP contribution in [0.15, 0.2) is 78.9 Å². The van der Waals surface area contributed by atoms with Gasteiger partial charge in [0, 0.05) is 23.9 Å². The number of urea groups is 1. The molecule has 4 rings (SSSR count). The molecule has 1 heterocycles. The minimum Gasteiger partial charge on any atom is -0.497 e. The van der Waals surface area contributed by atoms with E-state index in [2.05, 4.69) is 10.6 Å². The number of methoxy groups -OCH3 is 1. The van der Waals surface area contributed by atoms with Gasteiger partial charge in [-0.3, -0.25) is 4.79 Å². The molecule has 3 aromatic carbocycles. The Morgan fingerprint density at radius 1 is 0.947 bits per heavy atom. The van der Waals surface area contributed by atoms with Crippen LogP contribution < -0.4 is 15.4 Å². The van der Waals surface area contributed by atoms with Crippen LogP contribution in [0.5, 0.6) is 5.75 Å². The van der Waals surface area contributed by atoms with Gasteiger partial charge in [-0.15, -0.1) is 0 Å². The third-order valence-corrected chi connectivity index (χ3v) is 6.10. The molecule has 0 aliphatic heterocycles. The molecule has 0 radical (unpaired) electrons. The molecule has 38 heavy (non-hydrogen) atoms. The van der Waals surface area contributed by atoms with Crippen LogP contribution in [0.3, 0.4) is 0 Å². The number of aromatic nitrogens is 2. The lowest BCUT2D eigenvalue weighted by Crippen LogP contribution is -2.41. The maximum Gasteiger partial charge on any atom is 0.322 e. The highest BCUT2D eigenvalue weighted by Crippen LogP contribution is 2.33. The van der Waals surface area contributed by atoms with E-state index >= 15 is 0 Å². The third kappa shape index (κ3) is 6.21. The summed E-state index contributed by atoms with van der Waals surface area (Å²) in [5.74, 6) is 0.882. The quantitative estimate of drug-likeness (QED) is 0.286. The number of carbonyl (C=O) groups excluding carboxylic acids is 2. The monoisotopic (exact) mass is 511 g/mol. The van der Waals surface area contributed by atoms with Crippen molar-refractivity contribution in [2.75, 3.05) is 30.8 Å². The van der Waals surface area contributed by atoms with Crippen molar-refractivity contribution in [3.05, 3.63) is 90.1 Å². The summed E-state index contributed by atoms with van der Waals surface area (Å²) in [4.78, 5) is 28.0. The number of ether oxygens (including phenoxy) is 1. The molecule has 1 aromatic heterocycles. The van der Waals surface area contributed by atoms with Gasteiger partial charge in [-0.2, -0.15) is 5.10 Å². The van der Waals surface area contributed by atoms with E-state index in [1.807, 2.05) is 75.4 Å². The van der Waals surface area contributed by atoms with Crippen molar-refractivity contribution in [1.29, 1.82) is 0 Å². The van der Waals surface area contributed by atoms with Gasteiger partial charge in [-0.05, 0) is 50.1 Å². The van der Waals surface area contributed by atoms with Crippen LogP contribution in [-0.2, 0) is 4.79 Å². The van der Waals surface area contributed by atoms with Crippen LogP contribution in [0.25, 0.3) is 16.8 Å². The highest BCUT2D eigenvalue weighted by molar-refractivity contribution is 5.99. The summed E-state index contributed by atoms with van der Waals surface area (Å²) in [5.41, 5.74) is 5.12. The topological polar surface area (TPSA) is 88.5 Å². The second kappa shape index (κ2) is 12.1. The molecule has 0 aliphatic carbocycles. The van der Waals surface area contributed by atoms with Gasteiger partial charge >= 0.3 is 6.03 Å². The van der Waals surface area contributed by atoms with E-state index in [-0.39, 0.29) is 18.5 Å². The average molecular weight is 512 g/mol. The summed E-state index contributed by atoms with van der Waals surface area (Å²) in [6.45, 7) is 6.22.